The normalized spacial score (nSPS) is 16.9. The predicted molar refractivity (Wildman–Crippen MR) is 108 cm³/mol. The zero-order chi connectivity index (χ0) is 21.6. The maximum Gasteiger partial charge on any atom is 0.416 e. The van der Waals surface area contributed by atoms with Crippen molar-refractivity contribution in [2.75, 3.05) is 26.8 Å². The van der Waals surface area contributed by atoms with Gasteiger partial charge in [0, 0.05) is 38.8 Å². The molecule has 1 saturated heterocycles. The number of guanidine groups is 1. The molecule has 2 N–H and O–H groups in total. The van der Waals surface area contributed by atoms with Gasteiger partial charge in [0.25, 0.3) is 0 Å². The molecule has 0 unspecified atom stereocenters. The highest BCUT2D eigenvalue weighted by Gasteiger charge is 2.37. The number of aliphatic imine (C=N–C) groups is 1. The SMILES string of the molecule is CN=C(NCc1cccc(F)c1)NCC1(c2cccc(C(F)(F)F)c2)CCOCC1. The van der Waals surface area contributed by atoms with E-state index in [9.17, 15) is 17.6 Å². The van der Waals surface area contributed by atoms with Crippen molar-refractivity contribution in [3.05, 3.63) is 71.0 Å². The molecular weight excluding hydrogens is 398 g/mol. The smallest absolute Gasteiger partial charge is 0.381 e. The first-order valence-electron chi connectivity index (χ1n) is 9.77. The van der Waals surface area contributed by atoms with Crippen LogP contribution in [0.25, 0.3) is 0 Å². The van der Waals surface area contributed by atoms with Crippen LogP contribution in [0, 0.1) is 5.82 Å². The summed E-state index contributed by atoms with van der Waals surface area (Å²) >= 11 is 0. The average Bonchev–Trinajstić information content (AvgIpc) is 2.74. The van der Waals surface area contributed by atoms with E-state index in [1.165, 1.54) is 24.3 Å². The summed E-state index contributed by atoms with van der Waals surface area (Å²) in [5.41, 5.74) is 0.237. The monoisotopic (exact) mass is 423 g/mol. The minimum absolute atomic E-state index is 0.317. The van der Waals surface area contributed by atoms with Crippen molar-refractivity contribution in [2.24, 2.45) is 4.99 Å². The summed E-state index contributed by atoms with van der Waals surface area (Å²) in [7, 11) is 1.61. The van der Waals surface area contributed by atoms with Crippen LogP contribution in [0.4, 0.5) is 17.6 Å². The number of halogens is 4. The minimum Gasteiger partial charge on any atom is -0.381 e. The number of hydrogen-bond donors (Lipinski definition) is 2. The molecule has 0 aliphatic carbocycles. The molecule has 2 aromatic carbocycles. The third-order valence-corrected chi connectivity index (χ3v) is 5.42. The van der Waals surface area contributed by atoms with Crippen LogP contribution in [0.1, 0.15) is 29.5 Å². The summed E-state index contributed by atoms with van der Waals surface area (Å²) in [6.07, 6.45) is -3.19. The van der Waals surface area contributed by atoms with Gasteiger partial charge in [-0.3, -0.25) is 4.99 Å². The van der Waals surface area contributed by atoms with Crippen molar-refractivity contribution < 1.29 is 22.3 Å². The largest absolute Gasteiger partial charge is 0.416 e. The maximum atomic E-state index is 13.4. The molecule has 0 bridgehead atoms. The first-order valence-corrected chi connectivity index (χ1v) is 9.77. The summed E-state index contributed by atoms with van der Waals surface area (Å²) in [5.74, 6) is 0.181. The summed E-state index contributed by atoms with van der Waals surface area (Å²) in [6, 6.07) is 11.7. The van der Waals surface area contributed by atoms with Gasteiger partial charge in [-0.25, -0.2) is 4.39 Å². The van der Waals surface area contributed by atoms with E-state index < -0.39 is 17.2 Å². The van der Waals surface area contributed by atoms with Crippen molar-refractivity contribution in [3.63, 3.8) is 0 Å². The van der Waals surface area contributed by atoms with Crippen LogP contribution in [0.15, 0.2) is 53.5 Å². The lowest BCUT2D eigenvalue weighted by Crippen LogP contribution is -2.48. The molecule has 162 valence electrons. The van der Waals surface area contributed by atoms with Crippen molar-refractivity contribution in [1.29, 1.82) is 0 Å². The van der Waals surface area contributed by atoms with Gasteiger partial charge < -0.3 is 15.4 Å². The molecule has 0 saturated carbocycles. The van der Waals surface area contributed by atoms with Gasteiger partial charge in [0.2, 0.25) is 0 Å². The number of nitrogens with zero attached hydrogens (tertiary/aromatic N) is 1. The lowest BCUT2D eigenvalue weighted by atomic mass is 9.73. The zero-order valence-electron chi connectivity index (χ0n) is 16.7. The highest BCUT2D eigenvalue weighted by molar-refractivity contribution is 5.79. The number of hydrogen-bond acceptors (Lipinski definition) is 2. The lowest BCUT2D eigenvalue weighted by molar-refractivity contribution is -0.137. The van der Waals surface area contributed by atoms with Crippen LogP contribution in [0.2, 0.25) is 0 Å². The quantitative estimate of drug-likeness (QED) is 0.429. The van der Waals surface area contributed by atoms with E-state index in [2.05, 4.69) is 15.6 Å². The van der Waals surface area contributed by atoms with Gasteiger partial charge in [-0.1, -0.05) is 30.3 Å². The van der Waals surface area contributed by atoms with Gasteiger partial charge in [0.15, 0.2) is 5.96 Å². The van der Waals surface area contributed by atoms with E-state index in [-0.39, 0.29) is 5.82 Å². The first kappa shape index (κ1) is 22.1. The Kier molecular flexibility index (Phi) is 6.97. The van der Waals surface area contributed by atoms with Crippen LogP contribution in [-0.4, -0.2) is 32.8 Å². The standard InChI is InChI=1S/C22H25F4N3O/c1-27-20(28-14-16-4-2-7-19(23)12-16)29-15-21(8-10-30-11-9-21)17-5-3-6-18(13-17)22(24,25)26/h2-7,12-13H,8-11,14-15H2,1H3,(H2,27,28,29). The topological polar surface area (TPSA) is 45.7 Å². The molecule has 0 aromatic heterocycles. The Morgan fingerprint density at radius 1 is 1.07 bits per heavy atom. The molecule has 30 heavy (non-hydrogen) atoms. The van der Waals surface area contributed by atoms with Gasteiger partial charge in [-0.2, -0.15) is 13.2 Å². The Hall–Kier alpha value is -2.61. The number of ether oxygens (including phenoxy) is 1. The molecule has 0 atom stereocenters. The summed E-state index contributed by atoms with van der Waals surface area (Å²) in [4.78, 5) is 4.18. The minimum atomic E-state index is -4.39. The van der Waals surface area contributed by atoms with Gasteiger partial charge in [-0.15, -0.1) is 0 Å². The molecule has 0 amide bonds. The van der Waals surface area contributed by atoms with E-state index in [1.54, 1.807) is 25.2 Å². The number of alkyl halides is 3. The van der Waals surface area contributed by atoms with E-state index in [1.807, 2.05) is 0 Å². The Bertz CT molecular complexity index is 877. The van der Waals surface area contributed by atoms with Gasteiger partial charge >= 0.3 is 6.18 Å². The molecule has 0 radical (unpaired) electrons. The van der Waals surface area contributed by atoms with E-state index in [4.69, 9.17) is 4.74 Å². The highest BCUT2D eigenvalue weighted by Crippen LogP contribution is 2.37. The predicted octanol–water partition coefficient (Wildman–Crippen LogP) is 4.26. The maximum absolute atomic E-state index is 13.4. The fourth-order valence-electron chi connectivity index (χ4n) is 3.66. The molecule has 2 aromatic rings. The van der Waals surface area contributed by atoms with Crippen molar-refractivity contribution >= 4 is 5.96 Å². The third-order valence-electron chi connectivity index (χ3n) is 5.42. The van der Waals surface area contributed by atoms with Gasteiger partial charge in [0.05, 0.1) is 5.56 Å². The molecule has 1 fully saturated rings. The first-order chi connectivity index (χ1) is 14.3. The fourth-order valence-corrected chi connectivity index (χ4v) is 3.66. The van der Waals surface area contributed by atoms with Crippen LogP contribution in [0.3, 0.4) is 0 Å². The fraction of sp³-hybridized carbons (Fsp3) is 0.409. The second kappa shape index (κ2) is 9.47. The average molecular weight is 423 g/mol. The molecule has 4 nitrogen and oxygen atoms in total. The summed E-state index contributed by atoms with van der Waals surface area (Å²) < 4.78 is 58.5. The number of rotatable bonds is 5. The Morgan fingerprint density at radius 2 is 1.80 bits per heavy atom. The third kappa shape index (κ3) is 5.50. The van der Waals surface area contributed by atoms with Crippen LogP contribution < -0.4 is 10.6 Å². The van der Waals surface area contributed by atoms with Gasteiger partial charge in [0.1, 0.15) is 5.82 Å². The highest BCUT2D eigenvalue weighted by atomic mass is 19.4. The Morgan fingerprint density at radius 3 is 2.47 bits per heavy atom. The number of nitrogens with one attached hydrogen (secondary N) is 2. The lowest BCUT2D eigenvalue weighted by Gasteiger charge is -2.38. The number of benzene rings is 2. The van der Waals surface area contributed by atoms with Crippen molar-refractivity contribution in [1.82, 2.24) is 10.6 Å². The second-order valence-electron chi connectivity index (χ2n) is 7.38. The van der Waals surface area contributed by atoms with Crippen molar-refractivity contribution in [3.8, 4) is 0 Å². The Balaban J connectivity index is 1.73. The molecule has 1 aliphatic rings. The van der Waals surface area contributed by atoms with Crippen LogP contribution in [-0.2, 0) is 22.9 Å². The molecule has 1 heterocycles. The molecule has 8 heteroatoms. The van der Waals surface area contributed by atoms with E-state index >= 15 is 0 Å². The second-order valence-corrected chi connectivity index (χ2v) is 7.38. The van der Waals surface area contributed by atoms with Crippen LogP contribution >= 0.6 is 0 Å². The molecule has 0 spiro atoms. The molecule has 3 rings (SSSR count). The molecular formula is C22H25F4N3O. The Labute approximate surface area is 173 Å². The van der Waals surface area contributed by atoms with E-state index in [0.29, 0.717) is 50.7 Å². The van der Waals surface area contributed by atoms with Crippen LogP contribution in [0.5, 0.6) is 0 Å². The van der Waals surface area contributed by atoms with Crippen molar-refractivity contribution in [2.45, 2.75) is 31.0 Å². The summed E-state index contributed by atoms with van der Waals surface area (Å²) in [6.45, 7) is 1.73. The zero-order valence-corrected chi connectivity index (χ0v) is 16.7. The molecule has 1 aliphatic heterocycles. The summed E-state index contributed by atoms with van der Waals surface area (Å²) in [5, 5.41) is 6.35. The van der Waals surface area contributed by atoms with Gasteiger partial charge in [-0.05, 0) is 42.2 Å². The van der Waals surface area contributed by atoms with E-state index in [0.717, 1.165) is 11.6 Å².